The van der Waals surface area contributed by atoms with Gasteiger partial charge in [0.25, 0.3) is 0 Å². The van der Waals surface area contributed by atoms with E-state index in [0.29, 0.717) is 35.1 Å². The Morgan fingerprint density at radius 3 is 1.90 bits per heavy atom. The first-order chi connectivity index (χ1) is 19.0. The molecular weight excluding hydrogens is 541 g/mol. The second-order valence-electron chi connectivity index (χ2n) is 8.51. The number of hydrogen-bond donors (Lipinski definition) is 3. The van der Waals surface area contributed by atoms with Crippen LogP contribution >= 0.6 is 0 Å². The van der Waals surface area contributed by atoms with Crippen LogP contribution < -0.4 is 20.9 Å². The molecule has 1 aromatic rings. The Balaban J connectivity index is -0.0000000387. The molecule has 0 aliphatic rings. The number of methoxy groups -OCH3 is 1. The van der Waals surface area contributed by atoms with Crippen LogP contribution in [0.25, 0.3) is 0 Å². The molecule has 0 atom stereocenters. The van der Waals surface area contributed by atoms with Gasteiger partial charge in [-0.25, -0.2) is 5.26 Å². The summed E-state index contributed by atoms with van der Waals surface area (Å²) in [6.07, 6.45) is 4.87. The van der Waals surface area contributed by atoms with Gasteiger partial charge in [0, 0.05) is 21.8 Å². The third-order valence-electron chi connectivity index (χ3n) is 4.77. The molecule has 0 saturated carbocycles. The molecule has 0 radical (unpaired) electrons. The first-order valence-electron chi connectivity index (χ1n) is 11.7. The highest BCUT2D eigenvalue weighted by Gasteiger charge is 2.36. The van der Waals surface area contributed by atoms with E-state index in [0.717, 1.165) is 5.75 Å². The second-order valence-corrected chi connectivity index (χ2v) is 13.7. The van der Waals surface area contributed by atoms with E-state index in [1.54, 1.807) is 31.8 Å². The maximum atomic E-state index is 7.35. The standard InChI is InChI=1S/C15H27NO3Si.C15H4.H5NO3Si.11H2/c1-15(2,3)20(5,6)19-10-9-18-12-7-8-13(16)14(11-12)17-4;1-3-5-7-9-11-13-15-14-12-10-8-6-4-2;2-3-1-4-5;;;;;;;;;;;/h7-8,11H,9-10,16H2,1-6H3;1H,2H3;1-2H,5H3;11*1H. The number of ether oxygens (including phenoxy) is 2. The molecular formula is C30H58N2O6Si2. The SMILES string of the molecule is C#CC#CC#CC#CC#CC#CC#CC.COc1cc(OCCO[Si](C)(C)C(C)(C)C)ccc1N.OONO[SiH3].[HH].[HH].[HH].[HH].[HH].[HH].[HH].[HH].[HH].[HH].[HH]. The van der Waals surface area contributed by atoms with Gasteiger partial charge in [-0.3, -0.25) is 0 Å². The van der Waals surface area contributed by atoms with Gasteiger partial charge >= 0.3 is 0 Å². The molecule has 0 aliphatic carbocycles. The fourth-order valence-corrected chi connectivity index (χ4v) is 2.97. The summed E-state index contributed by atoms with van der Waals surface area (Å²) in [6.45, 7) is 14.0. The minimum atomic E-state index is -1.69. The van der Waals surface area contributed by atoms with Crippen molar-refractivity contribution in [2.75, 3.05) is 26.1 Å². The zero-order valence-corrected chi connectivity index (χ0v) is 27.3. The summed E-state index contributed by atoms with van der Waals surface area (Å²) in [7, 11) is 0.401. The Bertz CT molecular complexity index is 1360. The summed E-state index contributed by atoms with van der Waals surface area (Å²) in [4.78, 5) is 3.25. The monoisotopic (exact) mass is 598 g/mol. The molecule has 10 heteroatoms. The van der Waals surface area contributed by atoms with Crippen molar-refractivity contribution in [1.82, 2.24) is 5.64 Å². The van der Waals surface area contributed by atoms with Crippen molar-refractivity contribution in [1.29, 1.82) is 0 Å². The topological polar surface area (TPSA) is 104 Å². The van der Waals surface area contributed by atoms with Gasteiger partial charge in [0.15, 0.2) is 18.8 Å². The molecule has 0 amide bonds. The van der Waals surface area contributed by atoms with E-state index in [4.69, 9.17) is 31.3 Å². The van der Waals surface area contributed by atoms with Crippen LogP contribution in [0.2, 0.25) is 18.1 Å². The zero-order chi connectivity index (χ0) is 30.7. The van der Waals surface area contributed by atoms with Crippen molar-refractivity contribution in [2.45, 2.75) is 45.8 Å². The number of hydrogen-bond acceptors (Lipinski definition) is 8. The van der Waals surface area contributed by atoms with E-state index in [2.05, 4.69) is 120 Å². The van der Waals surface area contributed by atoms with Crippen molar-refractivity contribution in [3.63, 3.8) is 0 Å². The number of anilines is 1. The van der Waals surface area contributed by atoms with Gasteiger partial charge in [0.1, 0.15) is 18.1 Å². The average molecular weight is 599 g/mol. The van der Waals surface area contributed by atoms with Crippen molar-refractivity contribution < 1.29 is 44.4 Å². The van der Waals surface area contributed by atoms with E-state index in [-0.39, 0.29) is 20.7 Å². The lowest BCUT2D eigenvalue weighted by molar-refractivity contribution is -0.346. The summed E-state index contributed by atoms with van der Waals surface area (Å²) in [5, 5.41) is 7.57. The molecule has 0 heterocycles. The van der Waals surface area contributed by atoms with E-state index < -0.39 is 8.32 Å². The number of rotatable bonds is 8. The molecule has 0 saturated heterocycles. The summed E-state index contributed by atoms with van der Waals surface area (Å²) in [5.74, 6) is 33.3. The van der Waals surface area contributed by atoms with Gasteiger partial charge in [-0.15, -0.1) is 11.4 Å². The van der Waals surface area contributed by atoms with Crippen LogP contribution in [0.3, 0.4) is 0 Å². The quantitative estimate of drug-likeness (QED) is 0.0933. The molecule has 1 rings (SSSR count). The van der Waals surface area contributed by atoms with E-state index in [1.807, 2.05) is 6.07 Å². The molecule has 40 heavy (non-hydrogen) atoms. The Hall–Kier alpha value is -4.23. The van der Waals surface area contributed by atoms with Crippen molar-refractivity contribution in [2.24, 2.45) is 0 Å². The number of terminal acetylenes is 1. The highest BCUT2D eigenvalue weighted by molar-refractivity contribution is 6.74. The summed E-state index contributed by atoms with van der Waals surface area (Å²) < 4.78 is 21.0. The van der Waals surface area contributed by atoms with Crippen LogP contribution in [0.5, 0.6) is 11.5 Å². The van der Waals surface area contributed by atoms with Gasteiger partial charge in [-0.1, -0.05) is 32.3 Å². The molecule has 0 aromatic heterocycles. The molecule has 1 aromatic carbocycles. The van der Waals surface area contributed by atoms with Gasteiger partial charge in [0.2, 0.25) is 0 Å². The predicted octanol–water partition coefficient (Wildman–Crippen LogP) is 5.24. The average Bonchev–Trinajstić information content (AvgIpc) is 2.91. The van der Waals surface area contributed by atoms with Crippen LogP contribution in [0.15, 0.2) is 18.2 Å². The van der Waals surface area contributed by atoms with Crippen molar-refractivity contribution in [3.05, 3.63) is 18.2 Å². The highest BCUT2D eigenvalue weighted by atomic mass is 28.4. The number of nitrogens with two attached hydrogens (primary N) is 1. The van der Waals surface area contributed by atoms with Crippen molar-refractivity contribution >= 4 is 24.5 Å². The number of benzene rings is 1. The Kier molecular flexibility index (Phi) is 22.6. The molecule has 0 spiro atoms. The molecule has 8 nitrogen and oxygen atoms in total. The van der Waals surface area contributed by atoms with Gasteiger partial charge in [-0.05, 0) is 108 Å². The largest absolute Gasteiger partial charge is 0.494 e. The fraction of sp³-hybridized carbons (Fsp3) is 0.333. The minimum Gasteiger partial charge on any atom is -0.494 e. The number of nitrogens with one attached hydrogen (secondary N) is 1. The molecule has 0 aliphatic heterocycles. The predicted molar refractivity (Wildman–Crippen MR) is 188 cm³/mol. The van der Waals surface area contributed by atoms with E-state index in [9.17, 15) is 0 Å². The molecule has 0 fully saturated rings. The van der Waals surface area contributed by atoms with Crippen LogP contribution in [-0.4, -0.2) is 44.4 Å². The molecule has 232 valence electrons. The normalized spacial score (nSPS) is 8.68. The Morgan fingerprint density at radius 2 is 1.50 bits per heavy atom. The third kappa shape index (κ3) is 20.8. The highest BCUT2D eigenvalue weighted by Crippen LogP contribution is 2.36. The van der Waals surface area contributed by atoms with Crippen molar-refractivity contribution in [3.8, 4) is 94.9 Å². The minimum absolute atomic E-state index is 0. The maximum absolute atomic E-state index is 7.35. The lowest BCUT2D eigenvalue weighted by Crippen LogP contribution is -2.41. The Morgan fingerprint density at radius 1 is 0.975 bits per heavy atom. The second kappa shape index (κ2) is 23.9. The van der Waals surface area contributed by atoms with Crippen LogP contribution in [0.1, 0.15) is 43.4 Å². The van der Waals surface area contributed by atoms with Gasteiger partial charge < -0.3 is 24.2 Å². The van der Waals surface area contributed by atoms with Crippen LogP contribution in [-0.2, 0) is 13.9 Å². The lowest BCUT2D eigenvalue weighted by Gasteiger charge is -2.36. The summed E-state index contributed by atoms with van der Waals surface area (Å²) in [5.41, 5.74) is 8.10. The third-order valence-corrected chi connectivity index (χ3v) is 9.47. The van der Waals surface area contributed by atoms with Crippen LogP contribution in [0, 0.1) is 83.4 Å². The molecule has 4 N–H and O–H groups in total. The lowest BCUT2D eigenvalue weighted by atomic mass is 10.2. The maximum Gasteiger partial charge on any atom is 0.192 e. The molecule has 0 bridgehead atoms. The first-order valence-corrected chi connectivity index (χ1v) is 15.4. The number of nitrogen functional groups attached to an aromatic ring is 1. The summed E-state index contributed by atoms with van der Waals surface area (Å²) in [6, 6.07) is 5.41. The Labute approximate surface area is 259 Å². The first kappa shape index (κ1) is 37.9. The van der Waals surface area contributed by atoms with Gasteiger partial charge in [0.05, 0.1) is 19.4 Å². The van der Waals surface area contributed by atoms with E-state index >= 15 is 0 Å². The van der Waals surface area contributed by atoms with E-state index in [1.165, 1.54) is 0 Å². The smallest absolute Gasteiger partial charge is 0.192 e. The summed E-state index contributed by atoms with van der Waals surface area (Å²) >= 11 is 0. The van der Waals surface area contributed by atoms with Crippen LogP contribution in [0.4, 0.5) is 5.69 Å². The molecule has 0 unspecified atom stereocenters. The zero-order valence-electron chi connectivity index (χ0n) is 24.3. The van der Waals surface area contributed by atoms with Gasteiger partial charge in [-0.2, -0.15) is 0 Å². The fourth-order valence-electron chi connectivity index (χ4n) is 1.87.